The fourth-order valence-electron chi connectivity index (χ4n) is 3.47. The first-order valence-corrected chi connectivity index (χ1v) is 9.11. The van der Waals surface area contributed by atoms with Crippen LogP contribution in [0.1, 0.15) is 40.0 Å². The molecule has 0 saturated carbocycles. The van der Waals surface area contributed by atoms with Gasteiger partial charge in [-0.25, -0.2) is 4.68 Å². The standard InChI is InChI=1S/C20H25N3O4/c1-13-4-5-14(2)18(10-13)23-15(3)17(11-21-23)20(26)22(12-19(24)25)16-6-8-27-9-7-16/h4-5,10-11,16H,6-9,12H2,1-3H3,(H,24,25). The number of nitrogens with zero attached hydrogens (tertiary/aromatic N) is 3. The van der Waals surface area contributed by atoms with Gasteiger partial charge in [-0.2, -0.15) is 5.10 Å². The van der Waals surface area contributed by atoms with Crippen LogP contribution in [0.25, 0.3) is 5.69 Å². The van der Waals surface area contributed by atoms with Crippen molar-refractivity contribution in [3.63, 3.8) is 0 Å². The van der Waals surface area contributed by atoms with Crippen LogP contribution in [-0.4, -0.2) is 57.5 Å². The molecular weight excluding hydrogens is 346 g/mol. The molecule has 3 rings (SSSR count). The average Bonchev–Trinajstić information content (AvgIpc) is 3.03. The fourth-order valence-corrected chi connectivity index (χ4v) is 3.47. The number of aryl methyl sites for hydroxylation is 2. The summed E-state index contributed by atoms with van der Waals surface area (Å²) < 4.78 is 7.10. The van der Waals surface area contributed by atoms with Crippen molar-refractivity contribution in [3.05, 3.63) is 46.8 Å². The van der Waals surface area contributed by atoms with Gasteiger partial charge in [-0.3, -0.25) is 9.59 Å². The molecule has 0 radical (unpaired) electrons. The molecule has 0 aliphatic carbocycles. The Labute approximate surface area is 158 Å². The van der Waals surface area contributed by atoms with Crippen molar-refractivity contribution in [2.24, 2.45) is 0 Å². The second-order valence-electron chi connectivity index (χ2n) is 7.02. The minimum Gasteiger partial charge on any atom is -0.480 e. The second kappa shape index (κ2) is 7.92. The molecule has 1 aliphatic rings. The lowest BCUT2D eigenvalue weighted by Crippen LogP contribution is -2.46. The quantitative estimate of drug-likeness (QED) is 0.873. The highest BCUT2D eigenvalue weighted by Crippen LogP contribution is 2.22. The summed E-state index contributed by atoms with van der Waals surface area (Å²) in [5.41, 5.74) is 4.22. The Bertz CT molecular complexity index is 853. The monoisotopic (exact) mass is 371 g/mol. The summed E-state index contributed by atoms with van der Waals surface area (Å²) in [6.07, 6.45) is 2.82. The summed E-state index contributed by atoms with van der Waals surface area (Å²) in [5.74, 6) is -1.31. The molecule has 2 heterocycles. The molecule has 0 atom stereocenters. The zero-order chi connectivity index (χ0) is 19.6. The second-order valence-corrected chi connectivity index (χ2v) is 7.02. The van der Waals surface area contributed by atoms with Crippen molar-refractivity contribution in [1.82, 2.24) is 14.7 Å². The minimum absolute atomic E-state index is 0.134. The van der Waals surface area contributed by atoms with Crippen molar-refractivity contribution in [1.29, 1.82) is 0 Å². The Morgan fingerprint density at radius 1 is 1.26 bits per heavy atom. The molecule has 1 N–H and O–H groups in total. The molecule has 7 heteroatoms. The zero-order valence-electron chi connectivity index (χ0n) is 15.9. The van der Waals surface area contributed by atoms with E-state index in [0.29, 0.717) is 37.3 Å². The number of benzene rings is 1. The van der Waals surface area contributed by atoms with Crippen molar-refractivity contribution in [2.75, 3.05) is 19.8 Å². The Kier molecular flexibility index (Phi) is 5.60. The van der Waals surface area contributed by atoms with Gasteiger partial charge in [0, 0.05) is 19.3 Å². The first-order chi connectivity index (χ1) is 12.9. The zero-order valence-corrected chi connectivity index (χ0v) is 15.9. The molecule has 1 amide bonds. The highest BCUT2D eigenvalue weighted by atomic mass is 16.5. The van der Waals surface area contributed by atoms with E-state index in [9.17, 15) is 14.7 Å². The molecule has 144 valence electrons. The number of carboxylic acid groups (broad SMARTS) is 1. The molecular formula is C20H25N3O4. The van der Waals surface area contributed by atoms with Crippen LogP contribution >= 0.6 is 0 Å². The predicted octanol–water partition coefficient (Wildman–Crippen LogP) is 2.50. The van der Waals surface area contributed by atoms with Gasteiger partial charge in [0.05, 0.1) is 23.1 Å². The predicted molar refractivity (Wildman–Crippen MR) is 100 cm³/mol. The van der Waals surface area contributed by atoms with E-state index in [1.54, 1.807) is 4.68 Å². The summed E-state index contributed by atoms with van der Waals surface area (Å²) in [6, 6.07) is 5.94. The van der Waals surface area contributed by atoms with Gasteiger partial charge in [0.1, 0.15) is 6.54 Å². The lowest BCUT2D eigenvalue weighted by Gasteiger charge is -2.33. The van der Waals surface area contributed by atoms with Crippen LogP contribution in [-0.2, 0) is 9.53 Å². The molecule has 0 unspecified atom stereocenters. The maximum Gasteiger partial charge on any atom is 0.323 e. The van der Waals surface area contributed by atoms with Gasteiger partial charge < -0.3 is 14.7 Å². The molecule has 27 heavy (non-hydrogen) atoms. The molecule has 1 fully saturated rings. The lowest BCUT2D eigenvalue weighted by molar-refractivity contribution is -0.138. The number of amides is 1. The van der Waals surface area contributed by atoms with Gasteiger partial charge in [-0.15, -0.1) is 0 Å². The van der Waals surface area contributed by atoms with E-state index in [0.717, 1.165) is 16.8 Å². The number of carbonyl (C=O) groups is 2. The van der Waals surface area contributed by atoms with E-state index in [1.165, 1.54) is 11.1 Å². The van der Waals surface area contributed by atoms with Gasteiger partial charge in [-0.1, -0.05) is 12.1 Å². The topological polar surface area (TPSA) is 84.7 Å². The minimum atomic E-state index is -1.02. The fraction of sp³-hybridized carbons (Fsp3) is 0.450. The third-order valence-corrected chi connectivity index (χ3v) is 5.03. The maximum absolute atomic E-state index is 13.2. The third-order valence-electron chi connectivity index (χ3n) is 5.03. The molecule has 1 aliphatic heterocycles. The van der Waals surface area contributed by atoms with Crippen molar-refractivity contribution in [3.8, 4) is 5.69 Å². The molecule has 7 nitrogen and oxygen atoms in total. The lowest BCUT2D eigenvalue weighted by atomic mass is 10.1. The first-order valence-electron chi connectivity index (χ1n) is 9.11. The Morgan fingerprint density at radius 3 is 2.63 bits per heavy atom. The number of hydrogen-bond acceptors (Lipinski definition) is 4. The first kappa shape index (κ1) is 19.1. The van der Waals surface area contributed by atoms with Gasteiger partial charge in [-0.05, 0) is 50.8 Å². The van der Waals surface area contributed by atoms with Crippen molar-refractivity contribution < 1.29 is 19.4 Å². The van der Waals surface area contributed by atoms with Gasteiger partial charge >= 0.3 is 5.97 Å². The van der Waals surface area contributed by atoms with Crippen LogP contribution in [0.5, 0.6) is 0 Å². The van der Waals surface area contributed by atoms with E-state index in [2.05, 4.69) is 5.10 Å². The van der Waals surface area contributed by atoms with Crippen molar-refractivity contribution in [2.45, 2.75) is 39.7 Å². The molecule has 0 spiro atoms. The van der Waals surface area contributed by atoms with E-state index >= 15 is 0 Å². The van der Waals surface area contributed by atoms with Gasteiger partial charge in [0.25, 0.3) is 5.91 Å². The third kappa shape index (κ3) is 4.03. The van der Waals surface area contributed by atoms with E-state index in [-0.39, 0.29) is 18.5 Å². The number of carboxylic acids is 1. The summed E-state index contributed by atoms with van der Waals surface area (Å²) in [5, 5.41) is 13.7. The Hall–Kier alpha value is -2.67. The summed E-state index contributed by atoms with van der Waals surface area (Å²) in [7, 11) is 0. The smallest absolute Gasteiger partial charge is 0.323 e. The summed E-state index contributed by atoms with van der Waals surface area (Å²) in [6.45, 7) is 6.59. The maximum atomic E-state index is 13.2. The average molecular weight is 371 g/mol. The Balaban J connectivity index is 1.94. The number of hydrogen-bond donors (Lipinski definition) is 1. The number of aromatic nitrogens is 2. The van der Waals surface area contributed by atoms with Gasteiger partial charge in [0.15, 0.2) is 0 Å². The van der Waals surface area contributed by atoms with E-state index in [4.69, 9.17) is 4.74 Å². The van der Waals surface area contributed by atoms with Crippen LogP contribution in [0, 0.1) is 20.8 Å². The van der Waals surface area contributed by atoms with Gasteiger partial charge in [0.2, 0.25) is 0 Å². The number of aliphatic carboxylic acids is 1. The molecule has 0 bridgehead atoms. The molecule has 1 saturated heterocycles. The Morgan fingerprint density at radius 2 is 1.96 bits per heavy atom. The molecule has 1 aromatic heterocycles. The largest absolute Gasteiger partial charge is 0.480 e. The van der Waals surface area contributed by atoms with Crippen LogP contribution in [0.2, 0.25) is 0 Å². The number of ether oxygens (including phenoxy) is 1. The van der Waals surface area contributed by atoms with Crippen LogP contribution < -0.4 is 0 Å². The van der Waals surface area contributed by atoms with Crippen LogP contribution in [0.3, 0.4) is 0 Å². The highest BCUT2D eigenvalue weighted by molar-refractivity contribution is 5.97. The normalized spacial score (nSPS) is 14.9. The van der Waals surface area contributed by atoms with Crippen LogP contribution in [0.15, 0.2) is 24.4 Å². The van der Waals surface area contributed by atoms with Crippen LogP contribution in [0.4, 0.5) is 0 Å². The van der Waals surface area contributed by atoms with E-state index in [1.807, 2.05) is 39.0 Å². The molecule has 2 aromatic rings. The van der Waals surface area contributed by atoms with E-state index < -0.39 is 5.97 Å². The van der Waals surface area contributed by atoms with Crippen molar-refractivity contribution >= 4 is 11.9 Å². The highest BCUT2D eigenvalue weighted by Gasteiger charge is 2.30. The molecule has 1 aromatic carbocycles. The summed E-state index contributed by atoms with van der Waals surface area (Å²) in [4.78, 5) is 25.9. The SMILES string of the molecule is Cc1ccc(C)c(-n2ncc(C(=O)N(CC(=O)O)C3CCOCC3)c2C)c1. The summed E-state index contributed by atoms with van der Waals surface area (Å²) >= 11 is 0. The number of rotatable bonds is 5. The number of carbonyl (C=O) groups excluding carboxylic acids is 1.